The summed E-state index contributed by atoms with van der Waals surface area (Å²) in [6, 6.07) is 10.6. The SMILES string of the molecule is C[C@H]1COCCN1c1cc(C2(S(=O)(=O)c3ccccc3)CCCC2)nc(Cl)n1. The van der Waals surface area contributed by atoms with Gasteiger partial charge in [0.1, 0.15) is 10.6 Å². The Balaban J connectivity index is 1.83. The lowest BCUT2D eigenvalue weighted by Crippen LogP contribution is -2.44. The first kappa shape index (κ1) is 19.6. The Kier molecular flexibility index (Phi) is 5.33. The van der Waals surface area contributed by atoms with Crippen LogP contribution < -0.4 is 4.90 Å². The molecule has 1 aromatic carbocycles. The van der Waals surface area contributed by atoms with Crippen LogP contribution >= 0.6 is 11.6 Å². The van der Waals surface area contributed by atoms with Crippen LogP contribution in [0.3, 0.4) is 0 Å². The standard InChI is InChI=1S/C20H24ClN3O3S/c1-15-14-27-12-11-24(15)18-13-17(22-19(21)23-18)20(9-5-6-10-20)28(25,26)16-7-3-2-4-8-16/h2-4,7-8,13,15H,5-6,9-12,14H2,1H3/t15-/m0/s1. The molecule has 2 fully saturated rings. The topological polar surface area (TPSA) is 72.4 Å². The lowest BCUT2D eigenvalue weighted by atomic mass is 10.0. The van der Waals surface area contributed by atoms with Crippen molar-refractivity contribution in [3.8, 4) is 0 Å². The van der Waals surface area contributed by atoms with Crippen molar-refractivity contribution >= 4 is 27.3 Å². The Labute approximate surface area is 170 Å². The van der Waals surface area contributed by atoms with Crippen molar-refractivity contribution in [3.05, 3.63) is 47.4 Å². The molecule has 150 valence electrons. The van der Waals surface area contributed by atoms with Crippen LogP contribution in [0.25, 0.3) is 0 Å². The van der Waals surface area contributed by atoms with Crippen molar-refractivity contribution in [2.45, 2.75) is 48.3 Å². The van der Waals surface area contributed by atoms with Crippen molar-refractivity contribution in [2.24, 2.45) is 0 Å². The molecule has 4 rings (SSSR count). The molecule has 1 saturated heterocycles. The maximum absolute atomic E-state index is 13.7. The summed E-state index contributed by atoms with van der Waals surface area (Å²) < 4.78 is 31.8. The highest BCUT2D eigenvalue weighted by Crippen LogP contribution is 2.48. The predicted octanol–water partition coefficient (Wildman–Crippen LogP) is 3.60. The van der Waals surface area contributed by atoms with Crippen LogP contribution in [0.5, 0.6) is 0 Å². The molecule has 0 radical (unpaired) electrons. The molecular weight excluding hydrogens is 398 g/mol. The zero-order chi connectivity index (χ0) is 19.8. The summed E-state index contributed by atoms with van der Waals surface area (Å²) in [5, 5.41) is 0.0840. The minimum absolute atomic E-state index is 0.0840. The molecular formula is C20H24ClN3O3S. The highest BCUT2D eigenvalue weighted by molar-refractivity contribution is 7.92. The van der Waals surface area contributed by atoms with E-state index in [1.807, 2.05) is 12.1 Å². The molecule has 0 unspecified atom stereocenters. The summed E-state index contributed by atoms with van der Waals surface area (Å²) >= 11 is 6.28. The normalized spacial score (nSPS) is 22.4. The van der Waals surface area contributed by atoms with Crippen molar-refractivity contribution in [1.82, 2.24) is 9.97 Å². The van der Waals surface area contributed by atoms with Crippen LogP contribution in [-0.4, -0.2) is 44.2 Å². The number of hydrogen-bond donors (Lipinski definition) is 0. The molecule has 2 aromatic rings. The molecule has 28 heavy (non-hydrogen) atoms. The predicted molar refractivity (Wildman–Crippen MR) is 108 cm³/mol. The van der Waals surface area contributed by atoms with E-state index in [1.165, 1.54) is 0 Å². The molecule has 1 atom stereocenters. The summed E-state index contributed by atoms with van der Waals surface area (Å²) in [5.74, 6) is 0.667. The van der Waals surface area contributed by atoms with Gasteiger partial charge in [0, 0.05) is 12.6 Å². The van der Waals surface area contributed by atoms with Gasteiger partial charge in [-0.25, -0.2) is 18.4 Å². The molecule has 2 aliphatic rings. The number of ether oxygens (including phenoxy) is 1. The fourth-order valence-electron chi connectivity index (χ4n) is 4.29. The average Bonchev–Trinajstić information content (AvgIpc) is 3.20. The van der Waals surface area contributed by atoms with Gasteiger partial charge in [0.05, 0.1) is 29.8 Å². The molecule has 2 heterocycles. The van der Waals surface area contributed by atoms with Gasteiger partial charge < -0.3 is 9.64 Å². The summed E-state index contributed by atoms with van der Waals surface area (Å²) in [5.41, 5.74) is 0.502. The van der Waals surface area contributed by atoms with E-state index in [9.17, 15) is 8.42 Å². The first-order chi connectivity index (χ1) is 13.4. The molecule has 1 aromatic heterocycles. The Morgan fingerprint density at radius 2 is 1.89 bits per heavy atom. The molecule has 1 aliphatic carbocycles. The van der Waals surface area contributed by atoms with Crippen LogP contribution in [0.2, 0.25) is 5.28 Å². The molecule has 0 spiro atoms. The number of nitrogens with zero attached hydrogens (tertiary/aromatic N) is 3. The van der Waals surface area contributed by atoms with Gasteiger partial charge in [-0.3, -0.25) is 0 Å². The fraction of sp³-hybridized carbons (Fsp3) is 0.500. The number of benzene rings is 1. The Morgan fingerprint density at radius 1 is 1.18 bits per heavy atom. The summed E-state index contributed by atoms with van der Waals surface area (Å²) in [7, 11) is -3.62. The molecule has 6 nitrogen and oxygen atoms in total. The molecule has 1 saturated carbocycles. The van der Waals surface area contributed by atoms with Gasteiger partial charge in [-0.15, -0.1) is 0 Å². The zero-order valence-electron chi connectivity index (χ0n) is 15.8. The summed E-state index contributed by atoms with van der Waals surface area (Å²) in [6.45, 7) is 3.95. The van der Waals surface area contributed by atoms with Crippen molar-refractivity contribution < 1.29 is 13.2 Å². The minimum Gasteiger partial charge on any atom is -0.377 e. The third kappa shape index (κ3) is 3.29. The third-order valence-electron chi connectivity index (χ3n) is 5.79. The first-order valence-electron chi connectivity index (χ1n) is 9.63. The third-order valence-corrected chi connectivity index (χ3v) is 8.50. The van der Waals surface area contributed by atoms with Crippen LogP contribution in [0.15, 0.2) is 41.3 Å². The number of rotatable bonds is 4. The Morgan fingerprint density at radius 3 is 2.57 bits per heavy atom. The van der Waals surface area contributed by atoms with Crippen LogP contribution in [0.4, 0.5) is 5.82 Å². The van der Waals surface area contributed by atoms with E-state index in [0.29, 0.717) is 49.0 Å². The molecule has 8 heteroatoms. The molecule has 0 N–H and O–H groups in total. The van der Waals surface area contributed by atoms with Crippen LogP contribution in [0, 0.1) is 0 Å². The maximum atomic E-state index is 13.7. The van der Waals surface area contributed by atoms with Crippen molar-refractivity contribution in [1.29, 1.82) is 0 Å². The number of halogens is 1. The molecule has 0 bridgehead atoms. The van der Waals surface area contributed by atoms with Gasteiger partial charge in [0.2, 0.25) is 5.28 Å². The first-order valence-corrected chi connectivity index (χ1v) is 11.5. The van der Waals surface area contributed by atoms with Gasteiger partial charge in [-0.2, -0.15) is 0 Å². The lowest BCUT2D eigenvalue weighted by molar-refractivity contribution is 0.0985. The van der Waals surface area contributed by atoms with Crippen molar-refractivity contribution in [3.63, 3.8) is 0 Å². The van der Waals surface area contributed by atoms with Crippen LogP contribution in [-0.2, 0) is 19.3 Å². The van der Waals surface area contributed by atoms with E-state index < -0.39 is 14.6 Å². The summed E-state index contributed by atoms with van der Waals surface area (Å²) in [6.07, 6.45) is 2.76. The average molecular weight is 422 g/mol. The Bertz CT molecular complexity index is 946. The second-order valence-corrected chi connectivity index (χ2v) is 10.1. The van der Waals surface area contributed by atoms with Gasteiger partial charge in [0.25, 0.3) is 0 Å². The number of hydrogen-bond acceptors (Lipinski definition) is 6. The fourth-order valence-corrected chi connectivity index (χ4v) is 6.64. The maximum Gasteiger partial charge on any atom is 0.224 e. The lowest BCUT2D eigenvalue weighted by Gasteiger charge is -2.35. The number of sulfone groups is 1. The number of aromatic nitrogens is 2. The number of morpholine rings is 1. The highest BCUT2D eigenvalue weighted by Gasteiger charge is 2.50. The van der Waals surface area contributed by atoms with E-state index >= 15 is 0 Å². The smallest absolute Gasteiger partial charge is 0.224 e. The zero-order valence-corrected chi connectivity index (χ0v) is 17.4. The van der Waals surface area contributed by atoms with Crippen LogP contribution in [0.1, 0.15) is 38.3 Å². The van der Waals surface area contributed by atoms with E-state index in [2.05, 4.69) is 21.8 Å². The van der Waals surface area contributed by atoms with Gasteiger partial charge in [-0.05, 0) is 43.5 Å². The number of anilines is 1. The van der Waals surface area contributed by atoms with E-state index in [-0.39, 0.29) is 11.3 Å². The quantitative estimate of drug-likeness (QED) is 0.702. The second kappa shape index (κ2) is 7.61. The van der Waals surface area contributed by atoms with Gasteiger partial charge in [-0.1, -0.05) is 31.0 Å². The molecule has 0 amide bonds. The largest absolute Gasteiger partial charge is 0.377 e. The van der Waals surface area contributed by atoms with Crippen molar-refractivity contribution in [2.75, 3.05) is 24.7 Å². The molecule has 1 aliphatic heterocycles. The van der Waals surface area contributed by atoms with E-state index in [0.717, 1.165) is 12.8 Å². The van der Waals surface area contributed by atoms with Gasteiger partial charge in [0.15, 0.2) is 9.84 Å². The summed E-state index contributed by atoms with van der Waals surface area (Å²) in [4.78, 5) is 11.2. The van der Waals surface area contributed by atoms with E-state index in [4.69, 9.17) is 16.3 Å². The monoisotopic (exact) mass is 421 g/mol. The second-order valence-electron chi connectivity index (χ2n) is 7.52. The Hall–Kier alpha value is -1.70. The van der Waals surface area contributed by atoms with Gasteiger partial charge >= 0.3 is 0 Å². The highest BCUT2D eigenvalue weighted by atomic mass is 35.5. The minimum atomic E-state index is -3.62. The van der Waals surface area contributed by atoms with E-state index in [1.54, 1.807) is 24.3 Å².